The van der Waals surface area contributed by atoms with Crippen LogP contribution in [0.5, 0.6) is 0 Å². The van der Waals surface area contributed by atoms with Crippen LogP contribution in [-0.2, 0) is 11.3 Å². The van der Waals surface area contributed by atoms with Gasteiger partial charge in [0.15, 0.2) is 0 Å². The number of hydrogen-bond acceptors (Lipinski definition) is 4. The van der Waals surface area contributed by atoms with Gasteiger partial charge in [0.25, 0.3) is 0 Å². The first-order valence-corrected chi connectivity index (χ1v) is 7.35. The van der Waals surface area contributed by atoms with Crippen LogP contribution in [0.4, 0.5) is 10.6 Å². The third-order valence-corrected chi connectivity index (χ3v) is 3.61. The SMILES string of the molecule is C[C@H](NC(=O)NCc1cccnc1N(C)C)[C@@H]1CCCO1. The lowest BCUT2D eigenvalue weighted by Gasteiger charge is -2.21. The maximum absolute atomic E-state index is 12.0. The van der Waals surface area contributed by atoms with E-state index in [4.69, 9.17) is 4.74 Å². The zero-order valence-corrected chi connectivity index (χ0v) is 12.9. The normalized spacial score (nSPS) is 19.1. The van der Waals surface area contributed by atoms with Gasteiger partial charge < -0.3 is 20.3 Å². The van der Waals surface area contributed by atoms with Gasteiger partial charge >= 0.3 is 6.03 Å². The third-order valence-electron chi connectivity index (χ3n) is 3.61. The van der Waals surface area contributed by atoms with Crippen molar-refractivity contribution in [2.45, 2.75) is 38.5 Å². The highest BCUT2D eigenvalue weighted by molar-refractivity contribution is 5.74. The minimum absolute atomic E-state index is 0.0229. The van der Waals surface area contributed by atoms with Crippen LogP contribution in [0.25, 0.3) is 0 Å². The second kappa shape index (κ2) is 7.26. The molecule has 1 fully saturated rings. The molecule has 2 amide bonds. The molecule has 2 rings (SSSR count). The Balaban J connectivity index is 1.83. The van der Waals surface area contributed by atoms with E-state index in [0.717, 1.165) is 30.8 Å². The first kappa shape index (κ1) is 15.6. The molecular formula is C15H24N4O2. The van der Waals surface area contributed by atoms with E-state index in [-0.39, 0.29) is 18.2 Å². The van der Waals surface area contributed by atoms with E-state index >= 15 is 0 Å². The molecule has 0 radical (unpaired) electrons. The molecule has 2 heterocycles. The summed E-state index contributed by atoms with van der Waals surface area (Å²) < 4.78 is 5.57. The molecule has 0 bridgehead atoms. The van der Waals surface area contributed by atoms with E-state index in [9.17, 15) is 4.79 Å². The van der Waals surface area contributed by atoms with E-state index in [0.29, 0.717) is 6.54 Å². The Morgan fingerprint density at radius 3 is 3.05 bits per heavy atom. The number of rotatable bonds is 5. The summed E-state index contributed by atoms with van der Waals surface area (Å²) in [5.41, 5.74) is 0.988. The second-order valence-electron chi connectivity index (χ2n) is 5.55. The van der Waals surface area contributed by atoms with Crippen molar-refractivity contribution in [1.29, 1.82) is 0 Å². The Morgan fingerprint density at radius 2 is 2.38 bits per heavy atom. The maximum atomic E-state index is 12.0. The average molecular weight is 292 g/mol. The van der Waals surface area contributed by atoms with Crippen molar-refractivity contribution in [1.82, 2.24) is 15.6 Å². The Hall–Kier alpha value is -1.82. The van der Waals surface area contributed by atoms with Crippen molar-refractivity contribution in [2.24, 2.45) is 0 Å². The van der Waals surface area contributed by atoms with Crippen LogP contribution in [0.2, 0.25) is 0 Å². The van der Waals surface area contributed by atoms with Gasteiger partial charge in [0.05, 0.1) is 12.1 Å². The van der Waals surface area contributed by atoms with Crippen LogP contribution < -0.4 is 15.5 Å². The van der Waals surface area contributed by atoms with Crippen LogP contribution >= 0.6 is 0 Å². The van der Waals surface area contributed by atoms with Crippen molar-refractivity contribution < 1.29 is 9.53 Å². The maximum Gasteiger partial charge on any atom is 0.315 e. The lowest BCUT2D eigenvalue weighted by molar-refractivity contribution is 0.0860. The predicted molar refractivity (Wildman–Crippen MR) is 82.4 cm³/mol. The van der Waals surface area contributed by atoms with Crippen molar-refractivity contribution in [3.05, 3.63) is 23.9 Å². The van der Waals surface area contributed by atoms with Crippen LogP contribution in [0, 0.1) is 0 Å². The number of pyridine rings is 1. The first-order chi connectivity index (χ1) is 10.1. The van der Waals surface area contributed by atoms with E-state index in [1.165, 1.54) is 0 Å². The molecule has 0 spiro atoms. The summed E-state index contributed by atoms with van der Waals surface area (Å²) in [4.78, 5) is 18.2. The molecule has 2 atom stereocenters. The van der Waals surface area contributed by atoms with Gasteiger partial charge in [-0.3, -0.25) is 0 Å². The quantitative estimate of drug-likeness (QED) is 0.863. The number of amides is 2. The van der Waals surface area contributed by atoms with Crippen molar-refractivity contribution in [2.75, 3.05) is 25.6 Å². The number of hydrogen-bond donors (Lipinski definition) is 2. The fourth-order valence-electron chi connectivity index (χ4n) is 2.49. The number of anilines is 1. The molecule has 0 aromatic carbocycles. The van der Waals surface area contributed by atoms with Crippen molar-refractivity contribution in [3.8, 4) is 0 Å². The molecule has 0 unspecified atom stereocenters. The van der Waals surface area contributed by atoms with Gasteiger partial charge in [0.2, 0.25) is 0 Å². The number of carbonyl (C=O) groups excluding carboxylic acids is 1. The summed E-state index contributed by atoms with van der Waals surface area (Å²) in [6, 6.07) is 3.68. The highest BCUT2D eigenvalue weighted by atomic mass is 16.5. The monoisotopic (exact) mass is 292 g/mol. The summed E-state index contributed by atoms with van der Waals surface area (Å²) >= 11 is 0. The zero-order valence-electron chi connectivity index (χ0n) is 12.9. The van der Waals surface area contributed by atoms with E-state index in [1.54, 1.807) is 6.20 Å². The van der Waals surface area contributed by atoms with Gasteiger partial charge in [-0.25, -0.2) is 9.78 Å². The standard InChI is InChI=1S/C15H24N4O2/c1-11(13-7-5-9-21-13)18-15(20)17-10-12-6-4-8-16-14(12)19(2)3/h4,6,8,11,13H,5,7,9-10H2,1-3H3,(H2,17,18,20)/t11-,13-/m0/s1. The summed E-state index contributed by atoms with van der Waals surface area (Å²) in [7, 11) is 3.87. The zero-order chi connectivity index (χ0) is 15.2. The largest absolute Gasteiger partial charge is 0.376 e. The van der Waals surface area contributed by atoms with Gasteiger partial charge in [0.1, 0.15) is 5.82 Å². The van der Waals surface area contributed by atoms with Crippen LogP contribution in [0.15, 0.2) is 18.3 Å². The molecule has 1 aromatic heterocycles. The Labute approximate surface area is 125 Å². The first-order valence-electron chi connectivity index (χ1n) is 7.35. The predicted octanol–water partition coefficient (Wildman–Crippen LogP) is 1.51. The Morgan fingerprint density at radius 1 is 1.57 bits per heavy atom. The van der Waals surface area contributed by atoms with Crippen molar-refractivity contribution >= 4 is 11.8 Å². The highest BCUT2D eigenvalue weighted by Crippen LogP contribution is 2.16. The summed E-state index contributed by atoms with van der Waals surface area (Å²) in [5.74, 6) is 0.866. The summed E-state index contributed by atoms with van der Waals surface area (Å²) in [6.45, 7) is 3.22. The van der Waals surface area contributed by atoms with Crippen molar-refractivity contribution in [3.63, 3.8) is 0 Å². The van der Waals surface area contributed by atoms with Crippen LogP contribution in [0.1, 0.15) is 25.3 Å². The summed E-state index contributed by atoms with van der Waals surface area (Å²) in [6.07, 6.45) is 3.96. The molecular weight excluding hydrogens is 268 g/mol. The number of ether oxygens (including phenoxy) is 1. The molecule has 1 aliphatic rings. The number of nitrogens with one attached hydrogen (secondary N) is 2. The second-order valence-corrected chi connectivity index (χ2v) is 5.55. The molecule has 0 saturated carbocycles. The summed E-state index contributed by atoms with van der Waals surface area (Å²) in [5, 5.41) is 5.81. The highest BCUT2D eigenvalue weighted by Gasteiger charge is 2.23. The fraction of sp³-hybridized carbons (Fsp3) is 0.600. The Bertz CT molecular complexity index is 472. The third kappa shape index (κ3) is 4.32. The van der Waals surface area contributed by atoms with Gasteiger partial charge in [0, 0.05) is 39.0 Å². The number of urea groups is 1. The van der Waals surface area contributed by atoms with Gasteiger partial charge in [-0.05, 0) is 25.8 Å². The molecule has 0 aliphatic carbocycles. The molecule has 1 aromatic rings. The van der Waals surface area contributed by atoms with E-state index < -0.39 is 0 Å². The number of aromatic nitrogens is 1. The van der Waals surface area contributed by atoms with Crippen LogP contribution in [0.3, 0.4) is 0 Å². The lowest BCUT2D eigenvalue weighted by Crippen LogP contribution is -2.45. The number of carbonyl (C=O) groups is 1. The molecule has 1 saturated heterocycles. The minimum Gasteiger partial charge on any atom is -0.376 e. The molecule has 116 valence electrons. The smallest absolute Gasteiger partial charge is 0.315 e. The minimum atomic E-state index is -0.174. The van der Waals surface area contributed by atoms with E-state index in [2.05, 4.69) is 15.6 Å². The Kier molecular flexibility index (Phi) is 5.38. The topological polar surface area (TPSA) is 66.5 Å². The molecule has 6 heteroatoms. The van der Waals surface area contributed by atoms with Gasteiger partial charge in [-0.1, -0.05) is 6.07 Å². The number of nitrogens with zero attached hydrogens (tertiary/aromatic N) is 2. The van der Waals surface area contributed by atoms with Crippen LogP contribution in [-0.4, -0.2) is 43.9 Å². The fourth-order valence-corrected chi connectivity index (χ4v) is 2.49. The van der Waals surface area contributed by atoms with Gasteiger partial charge in [-0.15, -0.1) is 0 Å². The molecule has 1 aliphatic heterocycles. The lowest BCUT2D eigenvalue weighted by atomic mass is 10.1. The van der Waals surface area contributed by atoms with E-state index in [1.807, 2.05) is 38.1 Å². The molecule has 21 heavy (non-hydrogen) atoms. The molecule has 6 nitrogen and oxygen atoms in total. The molecule has 2 N–H and O–H groups in total. The van der Waals surface area contributed by atoms with Gasteiger partial charge in [-0.2, -0.15) is 0 Å². The average Bonchev–Trinajstić information content (AvgIpc) is 2.99.